The number of benzene rings is 6. The van der Waals surface area contributed by atoms with E-state index in [1.165, 1.54) is 53.6 Å². The molecule has 2 heteroatoms. The highest BCUT2D eigenvalue weighted by Gasteiger charge is 2.16. The highest BCUT2D eigenvalue weighted by Crippen LogP contribution is 2.39. The molecule has 0 amide bonds. The van der Waals surface area contributed by atoms with Gasteiger partial charge in [-0.25, -0.2) is 4.99 Å². The number of fused-ring (bicyclic) bond motifs is 3. The molecule has 50 heavy (non-hydrogen) atoms. The summed E-state index contributed by atoms with van der Waals surface area (Å²) < 4.78 is 2.53. The molecule has 0 spiro atoms. The molecule has 0 atom stereocenters. The first-order valence-electron chi connectivity index (χ1n) is 17.2. The van der Waals surface area contributed by atoms with E-state index in [1.54, 1.807) is 0 Å². The van der Waals surface area contributed by atoms with Gasteiger partial charge in [-0.1, -0.05) is 163 Å². The van der Waals surface area contributed by atoms with Crippen molar-refractivity contribution >= 4 is 42.8 Å². The summed E-state index contributed by atoms with van der Waals surface area (Å²) in [5.74, 6) is 0. The van der Waals surface area contributed by atoms with Crippen molar-refractivity contribution < 1.29 is 0 Å². The number of nitrogens with zero attached hydrogens (tertiary/aromatic N) is 1. The molecule has 0 unspecified atom stereocenters. The molecule has 1 aromatic heterocycles. The van der Waals surface area contributed by atoms with Gasteiger partial charge < -0.3 is 0 Å². The van der Waals surface area contributed by atoms with Crippen molar-refractivity contribution in [2.45, 2.75) is 12.8 Å². The summed E-state index contributed by atoms with van der Waals surface area (Å²) in [6.45, 7) is 0. The molecule has 9 rings (SSSR count). The van der Waals surface area contributed by atoms with E-state index >= 15 is 0 Å². The van der Waals surface area contributed by atoms with E-state index in [0.29, 0.717) is 0 Å². The first kappa shape index (κ1) is 30.0. The normalized spacial score (nSPS) is 14.2. The number of rotatable bonds is 6. The van der Waals surface area contributed by atoms with Crippen LogP contribution in [0.4, 0.5) is 0 Å². The molecule has 0 fully saturated rings. The van der Waals surface area contributed by atoms with Crippen LogP contribution in [-0.4, -0.2) is 5.71 Å². The summed E-state index contributed by atoms with van der Waals surface area (Å²) in [6.07, 6.45) is 13.1. The Balaban J connectivity index is 1.07. The molecule has 0 radical (unpaired) electrons. The molecule has 1 aliphatic carbocycles. The van der Waals surface area contributed by atoms with Crippen LogP contribution >= 0.6 is 11.3 Å². The lowest BCUT2D eigenvalue weighted by Gasteiger charge is -2.09. The largest absolute Gasteiger partial charge is 0.239 e. The summed E-state index contributed by atoms with van der Waals surface area (Å²) >= 11 is 1.85. The second-order valence-corrected chi connectivity index (χ2v) is 13.8. The lowest BCUT2D eigenvalue weighted by Crippen LogP contribution is -2.00. The Hall–Kier alpha value is -6.05. The van der Waals surface area contributed by atoms with E-state index in [9.17, 15) is 0 Å². The van der Waals surface area contributed by atoms with Crippen LogP contribution in [0.5, 0.6) is 0 Å². The number of allylic oxidation sites excluding steroid dienone is 5. The zero-order valence-electron chi connectivity index (χ0n) is 27.5. The second-order valence-electron chi connectivity index (χ2n) is 12.8. The molecule has 7 aromatic rings. The Bertz CT molecular complexity index is 2570. The standard InChI is InChI=1S/C48H33NS/c1-4-11-33(12-5-1)35-19-21-36(22-20-35)37-23-25-38(26-24-37)41-27-29-42-43-17-10-18-44(48(43)50-47(42)32-41)46-31-40(34-13-6-2-7-14-34)28-30-45(49-46)39-15-8-3-9-16-39/h1-2,4-8,10-29,31-32H,3,9H2. The molecule has 2 aliphatic rings. The maximum Gasteiger partial charge on any atom is 0.113 e. The monoisotopic (exact) mass is 655 g/mol. The fourth-order valence-electron chi connectivity index (χ4n) is 6.91. The van der Waals surface area contributed by atoms with Gasteiger partial charge in [0.1, 0.15) is 5.70 Å². The van der Waals surface area contributed by atoms with E-state index in [0.717, 1.165) is 46.5 Å². The number of hydrogen-bond donors (Lipinski definition) is 0. The van der Waals surface area contributed by atoms with Crippen molar-refractivity contribution in [1.82, 2.24) is 0 Å². The van der Waals surface area contributed by atoms with Crippen LogP contribution in [0, 0.1) is 0 Å². The van der Waals surface area contributed by atoms with Crippen LogP contribution in [0.25, 0.3) is 59.1 Å². The van der Waals surface area contributed by atoms with E-state index in [2.05, 4.69) is 182 Å². The van der Waals surface area contributed by atoms with Crippen LogP contribution in [-0.2, 0) is 0 Å². The Morgan fingerprint density at radius 3 is 1.80 bits per heavy atom. The molecule has 0 saturated heterocycles. The van der Waals surface area contributed by atoms with E-state index in [4.69, 9.17) is 4.99 Å². The van der Waals surface area contributed by atoms with E-state index < -0.39 is 0 Å². The number of hydrogen-bond acceptors (Lipinski definition) is 2. The van der Waals surface area contributed by atoms with Crippen molar-refractivity contribution in [1.29, 1.82) is 0 Å². The lowest BCUT2D eigenvalue weighted by molar-refractivity contribution is 1.02. The molecular formula is C48H33NS. The Morgan fingerprint density at radius 2 is 1.14 bits per heavy atom. The third-order valence-electron chi connectivity index (χ3n) is 9.58. The molecule has 1 aliphatic heterocycles. The van der Waals surface area contributed by atoms with Crippen molar-refractivity contribution in [3.63, 3.8) is 0 Å². The zero-order chi connectivity index (χ0) is 33.3. The fraction of sp³-hybridized carbons (Fsp3) is 0.0417. The molecule has 6 aromatic carbocycles. The highest BCUT2D eigenvalue weighted by atomic mass is 32.1. The topological polar surface area (TPSA) is 12.4 Å². The molecular weight excluding hydrogens is 623 g/mol. The van der Waals surface area contributed by atoms with E-state index in [-0.39, 0.29) is 0 Å². The molecule has 1 nitrogen and oxygen atoms in total. The van der Waals surface area contributed by atoms with Crippen LogP contribution in [0.2, 0.25) is 0 Å². The third-order valence-corrected chi connectivity index (χ3v) is 10.8. The minimum Gasteiger partial charge on any atom is -0.239 e. The predicted molar refractivity (Wildman–Crippen MR) is 215 cm³/mol. The minimum absolute atomic E-state index is 0.883. The molecule has 0 bridgehead atoms. The predicted octanol–water partition coefficient (Wildman–Crippen LogP) is 13.3. The Labute approximate surface area is 296 Å². The summed E-state index contributed by atoms with van der Waals surface area (Å²) in [6, 6.07) is 52.4. The summed E-state index contributed by atoms with van der Waals surface area (Å²) in [4.78, 5) is 5.29. The van der Waals surface area contributed by atoms with Gasteiger partial charge in [0.15, 0.2) is 0 Å². The SMILES string of the molecule is C1=CC(c2ccccc2)=CC(c2cccc3c2sc2cc(-c4ccc(-c5ccc(-c6ccccc6)cc5)cc4)ccc23)=NC=1C1=CCCC=C1. The van der Waals surface area contributed by atoms with Gasteiger partial charge in [-0.05, 0) is 75.6 Å². The smallest absolute Gasteiger partial charge is 0.113 e. The van der Waals surface area contributed by atoms with Gasteiger partial charge in [-0.3, -0.25) is 0 Å². The van der Waals surface area contributed by atoms with Gasteiger partial charge in [0.05, 0.1) is 5.71 Å². The quantitative estimate of drug-likeness (QED) is 0.158. The van der Waals surface area contributed by atoms with Crippen LogP contribution in [0.15, 0.2) is 198 Å². The lowest BCUT2D eigenvalue weighted by atomic mass is 9.97. The molecule has 0 saturated carbocycles. The molecule has 236 valence electrons. The van der Waals surface area contributed by atoms with Crippen molar-refractivity contribution in [3.8, 4) is 33.4 Å². The van der Waals surface area contributed by atoms with Crippen molar-refractivity contribution in [2.75, 3.05) is 0 Å². The van der Waals surface area contributed by atoms with Gasteiger partial charge in [-0.15, -0.1) is 11.3 Å². The van der Waals surface area contributed by atoms with Gasteiger partial charge in [-0.2, -0.15) is 0 Å². The van der Waals surface area contributed by atoms with Crippen LogP contribution in [0.1, 0.15) is 24.0 Å². The number of thiophene rings is 1. The van der Waals surface area contributed by atoms with Gasteiger partial charge in [0, 0.05) is 31.3 Å². The first-order chi connectivity index (χ1) is 24.8. The molecule has 2 heterocycles. The third kappa shape index (κ3) is 5.82. The number of aliphatic imine (C=N–C) groups is 1. The average Bonchev–Trinajstić information content (AvgIpc) is 3.42. The zero-order valence-corrected chi connectivity index (χ0v) is 28.3. The summed E-state index contributed by atoms with van der Waals surface area (Å²) in [5, 5.41) is 2.54. The minimum atomic E-state index is 0.883. The van der Waals surface area contributed by atoms with Crippen molar-refractivity contribution in [3.05, 3.63) is 204 Å². The maximum absolute atomic E-state index is 5.29. The van der Waals surface area contributed by atoms with Gasteiger partial charge >= 0.3 is 0 Å². The Morgan fingerprint density at radius 1 is 0.520 bits per heavy atom. The Kier molecular flexibility index (Phi) is 7.87. The van der Waals surface area contributed by atoms with E-state index in [1.807, 2.05) is 11.3 Å². The average molecular weight is 656 g/mol. The molecule has 0 N–H and O–H groups in total. The fourth-order valence-corrected chi connectivity index (χ4v) is 8.18. The summed E-state index contributed by atoms with van der Waals surface area (Å²) in [5.41, 5.74) is 17.3. The van der Waals surface area contributed by atoms with Crippen LogP contribution < -0.4 is 0 Å². The highest BCUT2D eigenvalue weighted by molar-refractivity contribution is 7.26. The van der Waals surface area contributed by atoms with Crippen LogP contribution in [0.3, 0.4) is 0 Å². The summed E-state index contributed by atoms with van der Waals surface area (Å²) in [7, 11) is 0. The maximum atomic E-state index is 5.29. The second kappa shape index (κ2) is 13.1. The van der Waals surface area contributed by atoms with Gasteiger partial charge in [0.25, 0.3) is 0 Å². The first-order valence-corrected chi connectivity index (χ1v) is 18.0. The van der Waals surface area contributed by atoms with Gasteiger partial charge in [0.2, 0.25) is 0 Å². The van der Waals surface area contributed by atoms with Crippen molar-refractivity contribution in [2.24, 2.45) is 4.99 Å².